The van der Waals surface area contributed by atoms with Crippen LogP contribution in [0.5, 0.6) is 0 Å². The topological polar surface area (TPSA) is 56.0 Å². The first-order valence-electron chi connectivity index (χ1n) is 8.27. The Labute approximate surface area is 147 Å². The number of rotatable bonds is 3. The largest absolute Gasteiger partial charge is 0.271 e. The molecule has 2 aromatic heterocycles. The van der Waals surface area contributed by atoms with E-state index in [4.69, 9.17) is 0 Å². The summed E-state index contributed by atoms with van der Waals surface area (Å²) in [5, 5.41) is 13.0. The van der Waals surface area contributed by atoms with Crippen LogP contribution in [0, 0.1) is 11.6 Å². The fourth-order valence-electron chi connectivity index (χ4n) is 3.30. The highest BCUT2D eigenvalue weighted by Crippen LogP contribution is 2.52. The van der Waals surface area contributed by atoms with Crippen molar-refractivity contribution in [1.82, 2.24) is 24.8 Å². The Kier molecular flexibility index (Phi) is 3.12. The van der Waals surface area contributed by atoms with Crippen LogP contribution >= 0.6 is 0 Å². The number of halogens is 2. The second kappa shape index (κ2) is 5.39. The van der Waals surface area contributed by atoms with Crippen LogP contribution in [0.15, 0.2) is 54.7 Å². The summed E-state index contributed by atoms with van der Waals surface area (Å²) in [7, 11) is 0. The van der Waals surface area contributed by atoms with Gasteiger partial charge in [0.2, 0.25) is 0 Å². The van der Waals surface area contributed by atoms with Gasteiger partial charge < -0.3 is 0 Å². The molecule has 5 rings (SSSR count). The minimum absolute atomic E-state index is 0.277. The van der Waals surface area contributed by atoms with Gasteiger partial charge in [-0.1, -0.05) is 12.1 Å². The summed E-state index contributed by atoms with van der Waals surface area (Å²) in [5.41, 5.74) is 1.81. The molecule has 0 spiro atoms. The van der Waals surface area contributed by atoms with Crippen LogP contribution in [-0.2, 0) is 5.41 Å². The van der Waals surface area contributed by atoms with Crippen molar-refractivity contribution in [3.8, 4) is 11.3 Å². The summed E-state index contributed by atoms with van der Waals surface area (Å²) in [5.74, 6) is 0.444. The Morgan fingerprint density at radius 1 is 0.923 bits per heavy atom. The Balaban J connectivity index is 1.65. The van der Waals surface area contributed by atoms with Crippen molar-refractivity contribution in [2.24, 2.45) is 0 Å². The van der Waals surface area contributed by atoms with Crippen LogP contribution in [0.3, 0.4) is 0 Å². The lowest BCUT2D eigenvalue weighted by molar-refractivity contribution is 0.618. The summed E-state index contributed by atoms with van der Waals surface area (Å²) in [6.45, 7) is 0. The van der Waals surface area contributed by atoms with Gasteiger partial charge in [-0.15, -0.1) is 10.2 Å². The average molecular weight is 349 g/mol. The quantitative estimate of drug-likeness (QED) is 0.568. The summed E-state index contributed by atoms with van der Waals surface area (Å²) in [6, 6.07) is 12.6. The number of fused-ring (bicyclic) bond motifs is 1. The van der Waals surface area contributed by atoms with E-state index in [0.29, 0.717) is 17.3 Å². The van der Waals surface area contributed by atoms with E-state index in [-0.39, 0.29) is 11.6 Å². The lowest BCUT2D eigenvalue weighted by atomic mass is 9.95. The fourth-order valence-corrected chi connectivity index (χ4v) is 3.30. The van der Waals surface area contributed by atoms with E-state index >= 15 is 0 Å². The molecular weight excluding hydrogens is 336 g/mol. The summed E-state index contributed by atoms with van der Waals surface area (Å²) in [4.78, 5) is 4.31. The lowest BCUT2D eigenvalue weighted by Crippen LogP contribution is -2.15. The van der Waals surface area contributed by atoms with E-state index in [1.54, 1.807) is 28.9 Å². The van der Waals surface area contributed by atoms with Crippen LogP contribution in [0.1, 0.15) is 24.2 Å². The highest BCUT2D eigenvalue weighted by Gasteiger charge is 2.50. The van der Waals surface area contributed by atoms with Crippen molar-refractivity contribution in [3.63, 3.8) is 0 Å². The molecule has 1 fully saturated rings. The first-order chi connectivity index (χ1) is 12.7. The molecule has 26 heavy (non-hydrogen) atoms. The van der Waals surface area contributed by atoms with Gasteiger partial charge >= 0.3 is 0 Å². The molecule has 5 nitrogen and oxygen atoms in total. The number of hydrogen-bond donors (Lipinski definition) is 0. The third kappa shape index (κ3) is 2.28. The minimum atomic E-state index is -0.391. The van der Waals surface area contributed by atoms with Gasteiger partial charge in [-0.25, -0.2) is 13.8 Å². The highest BCUT2D eigenvalue weighted by molar-refractivity contribution is 5.58. The van der Waals surface area contributed by atoms with E-state index in [2.05, 4.69) is 20.3 Å². The van der Waals surface area contributed by atoms with Crippen LogP contribution in [0.2, 0.25) is 0 Å². The second-order valence-corrected chi connectivity index (χ2v) is 6.48. The molecule has 0 bridgehead atoms. The number of nitrogens with zero attached hydrogens (tertiary/aromatic N) is 5. The molecule has 0 saturated heterocycles. The van der Waals surface area contributed by atoms with E-state index in [9.17, 15) is 8.78 Å². The summed E-state index contributed by atoms with van der Waals surface area (Å²) >= 11 is 0. The van der Waals surface area contributed by atoms with E-state index in [1.807, 2.05) is 6.07 Å². The molecule has 0 N–H and O–H groups in total. The normalized spacial score (nSPS) is 15.3. The zero-order chi connectivity index (χ0) is 17.7. The SMILES string of the molecule is Fc1ccc(-c2cnc3nnc(C4(c5cccc(F)c5)CC4)n3n2)cc1. The van der Waals surface area contributed by atoms with Crippen LogP contribution in [-0.4, -0.2) is 24.8 Å². The van der Waals surface area contributed by atoms with Crippen LogP contribution in [0.4, 0.5) is 8.78 Å². The highest BCUT2D eigenvalue weighted by atomic mass is 19.1. The average Bonchev–Trinajstić information content (AvgIpc) is 3.35. The molecular formula is C19H13F2N5. The predicted molar refractivity (Wildman–Crippen MR) is 90.4 cm³/mol. The molecule has 1 aliphatic carbocycles. The molecule has 0 unspecified atom stereocenters. The van der Waals surface area contributed by atoms with Gasteiger partial charge in [-0.3, -0.25) is 0 Å². The molecule has 0 atom stereocenters. The minimum Gasteiger partial charge on any atom is -0.216 e. The first-order valence-corrected chi connectivity index (χ1v) is 8.27. The molecule has 1 aliphatic rings. The molecule has 2 heterocycles. The van der Waals surface area contributed by atoms with Gasteiger partial charge in [0.25, 0.3) is 5.78 Å². The van der Waals surface area contributed by atoms with Crippen molar-refractivity contribution >= 4 is 5.78 Å². The van der Waals surface area contributed by atoms with Gasteiger partial charge in [0.05, 0.1) is 11.6 Å². The van der Waals surface area contributed by atoms with Crippen molar-refractivity contribution in [1.29, 1.82) is 0 Å². The molecule has 128 valence electrons. The molecule has 0 aliphatic heterocycles. The van der Waals surface area contributed by atoms with Crippen molar-refractivity contribution in [3.05, 3.63) is 77.8 Å². The maximum absolute atomic E-state index is 13.7. The number of benzene rings is 2. The lowest BCUT2D eigenvalue weighted by Gasteiger charge is -2.13. The van der Waals surface area contributed by atoms with E-state index in [0.717, 1.165) is 24.0 Å². The van der Waals surface area contributed by atoms with Crippen molar-refractivity contribution in [2.75, 3.05) is 0 Å². The van der Waals surface area contributed by atoms with Gasteiger partial charge in [0.1, 0.15) is 17.3 Å². The zero-order valence-corrected chi connectivity index (χ0v) is 13.6. The maximum Gasteiger partial charge on any atom is 0.271 e. The van der Waals surface area contributed by atoms with Crippen LogP contribution < -0.4 is 0 Å². The van der Waals surface area contributed by atoms with Crippen LogP contribution in [0.25, 0.3) is 17.0 Å². The molecule has 2 aromatic carbocycles. The predicted octanol–water partition coefficient (Wildman–Crippen LogP) is 3.54. The van der Waals surface area contributed by atoms with Gasteiger partial charge in [-0.2, -0.15) is 9.61 Å². The monoisotopic (exact) mass is 349 g/mol. The Morgan fingerprint density at radius 2 is 1.73 bits per heavy atom. The van der Waals surface area contributed by atoms with E-state index in [1.165, 1.54) is 24.3 Å². The third-order valence-corrected chi connectivity index (χ3v) is 4.83. The fraction of sp³-hybridized carbons (Fsp3) is 0.158. The molecule has 0 amide bonds. The zero-order valence-electron chi connectivity index (χ0n) is 13.6. The van der Waals surface area contributed by atoms with E-state index < -0.39 is 5.41 Å². The van der Waals surface area contributed by atoms with Gasteiger partial charge in [0, 0.05) is 5.56 Å². The number of hydrogen-bond acceptors (Lipinski definition) is 4. The van der Waals surface area contributed by atoms with Crippen molar-refractivity contribution < 1.29 is 8.78 Å². The molecule has 0 radical (unpaired) electrons. The number of aromatic nitrogens is 5. The summed E-state index contributed by atoms with van der Waals surface area (Å²) < 4.78 is 28.5. The first kappa shape index (κ1) is 15.1. The molecule has 1 saturated carbocycles. The smallest absolute Gasteiger partial charge is 0.216 e. The second-order valence-electron chi connectivity index (χ2n) is 6.48. The molecule has 7 heteroatoms. The van der Waals surface area contributed by atoms with Gasteiger partial charge in [0.15, 0.2) is 5.82 Å². The maximum atomic E-state index is 13.7. The van der Waals surface area contributed by atoms with Gasteiger partial charge in [-0.05, 0) is 54.8 Å². The third-order valence-electron chi connectivity index (χ3n) is 4.83. The standard InChI is InChI=1S/C19H13F2N5/c20-14-6-4-12(5-7-14)16-11-22-18-24-23-17(26(18)25-16)19(8-9-19)13-2-1-3-15(21)10-13/h1-7,10-11H,8-9H2. The van der Waals surface area contributed by atoms with Crippen molar-refractivity contribution in [2.45, 2.75) is 18.3 Å². The summed E-state index contributed by atoms with van der Waals surface area (Å²) in [6.07, 6.45) is 3.28. The molecule has 4 aromatic rings. The Morgan fingerprint density at radius 3 is 2.46 bits per heavy atom. The Bertz CT molecular complexity index is 1120. The Hall–Kier alpha value is -3.22.